The number of likely N-dealkylation sites (N-methyl/N-ethyl adjacent to an activating group) is 1. The van der Waals surface area contributed by atoms with Crippen molar-refractivity contribution in [1.82, 2.24) is 25.1 Å². The summed E-state index contributed by atoms with van der Waals surface area (Å²) < 4.78 is 7.82. The van der Waals surface area contributed by atoms with Crippen LogP contribution in [0.2, 0.25) is 0 Å². The van der Waals surface area contributed by atoms with Gasteiger partial charge in [0.05, 0.1) is 11.9 Å². The molecule has 8 heteroatoms. The molecule has 0 spiro atoms. The van der Waals surface area contributed by atoms with Crippen LogP contribution in [-0.4, -0.2) is 64.2 Å². The van der Waals surface area contributed by atoms with E-state index >= 15 is 0 Å². The van der Waals surface area contributed by atoms with Gasteiger partial charge in [-0.25, -0.2) is 9.97 Å². The highest BCUT2D eigenvalue weighted by atomic mass is 16.5. The Bertz CT molecular complexity index is 1110. The van der Waals surface area contributed by atoms with E-state index in [9.17, 15) is 5.11 Å². The second-order valence-corrected chi connectivity index (χ2v) is 10.2. The Hall–Kier alpha value is -2.97. The van der Waals surface area contributed by atoms with Gasteiger partial charge in [-0.1, -0.05) is 45.2 Å². The highest BCUT2D eigenvalue weighted by Gasteiger charge is 2.21. The summed E-state index contributed by atoms with van der Waals surface area (Å²) in [5.74, 6) is 2.78. The minimum absolute atomic E-state index is 0.218. The Labute approximate surface area is 214 Å². The average Bonchev–Trinajstić information content (AvgIpc) is 3.35. The van der Waals surface area contributed by atoms with Crippen LogP contribution in [0.25, 0.3) is 22.6 Å². The van der Waals surface area contributed by atoms with Gasteiger partial charge in [-0.15, -0.1) is 0 Å². The average molecular weight is 493 g/mol. The molecule has 1 fully saturated rings. The molecule has 2 aromatic heterocycles. The summed E-state index contributed by atoms with van der Waals surface area (Å²) >= 11 is 0. The van der Waals surface area contributed by atoms with Crippen LogP contribution in [0.1, 0.15) is 46.0 Å². The van der Waals surface area contributed by atoms with E-state index < -0.39 is 6.10 Å². The number of ether oxygens (including phenoxy) is 1. The molecular formula is C28H40N6O2. The lowest BCUT2D eigenvalue weighted by molar-refractivity contribution is 0.108. The fourth-order valence-corrected chi connectivity index (χ4v) is 4.73. The summed E-state index contributed by atoms with van der Waals surface area (Å²) in [7, 11) is 3.96. The zero-order chi connectivity index (χ0) is 25.5. The van der Waals surface area contributed by atoms with E-state index in [-0.39, 0.29) is 6.61 Å². The molecule has 2 N–H and O–H groups in total. The lowest BCUT2D eigenvalue weighted by Crippen LogP contribution is -2.34. The second kappa shape index (κ2) is 12.3. The standard InChI is InChI=1S/C28H40N6O2/c1-20(2)17-34-18-22(15-30-34)26-14-27(33(4)23-10-6-5-7-11-23)32-28(31-26)21-9-8-12-25(13-21)36-19-24(35)16-29-3/h8-9,12-15,18,20,23-24,29,35H,5-7,10-11,16-17,19H2,1-4H3. The monoisotopic (exact) mass is 492 g/mol. The molecule has 36 heavy (non-hydrogen) atoms. The summed E-state index contributed by atoms with van der Waals surface area (Å²) in [4.78, 5) is 12.3. The van der Waals surface area contributed by atoms with E-state index in [0.29, 0.717) is 30.1 Å². The van der Waals surface area contributed by atoms with Crippen LogP contribution in [0.5, 0.6) is 5.75 Å². The first-order valence-corrected chi connectivity index (χ1v) is 13.1. The number of aromatic nitrogens is 4. The van der Waals surface area contributed by atoms with Gasteiger partial charge in [0.25, 0.3) is 0 Å². The fraction of sp³-hybridized carbons (Fsp3) is 0.536. The van der Waals surface area contributed by atoms with Crippen LogP contribution in [0.15, 0.2) is 42.7 Å². The maximum absolute atomic E-state index is 10.0. The number of hydrogen-bond acceptors (Lipinski definition) is 7. The predicted octanol–water partition coefficient (Wildman–Crippen LogP) is 4.39. The first-order valence-electron chi connectivity index (χ1n) is 13.1. The molecule has 0 saturated heterocycles. The fourth-order valence-electron chi connectivity index (χ4n) is 4.73. The molecule has 0 aliphatic heterocycles. The highest BCUT2D eigenvalue weighted by molar-refractivity contribution is 5.68. The smallest absolute Gasteiger partial charge is 0.162 e. The van der Waals surface area contributed by atoms with Gasteiger partial charge in [0.2, 0.25) is 0 Å². The molecule has 1 aliphatic rings. The van der Waals surface area contributed by atoms with Gasteiger partial charge in [-0.2, -0.15) is 5.10 Å². The van der Waals surface area contributed by atoms with Gasteiger partial charge >= 0.3 is 0 Å². The summed E-state index contributed by atoms with van der Waals surface area (Å²) in [6, 6.07) is 10.4. The van der Waals surface area contributed by atoms with E-state index in [2.05, 4.69) is 48.5 Å². The van der Waals surface area contributed by atoms with Gasteiger partial charge in [-0.3, -0.25) is 4.68 Å². The number of hydrogen-bond donors (Lipinski definition) is 2. The number of nitrogens with zero attached hydrogens (tertiary/aromatic N) is 5. The normalized spacial score (nSPS) is 15.3. The quantitative estimate of drug-likeness (QED) is 0.410. The lowest BCUT2D eigenvalue weighted by atomic mass is 9.94. The number of aliphatic hydroxyl groups is 1. The Morgan fingerprint density at radius 3 is 2.69 bits per heavy atom. The van der Waals surface area contributed by atoms with Gasteiger partial charge in [0.1, 0.15) is 24.3 Å². The predicted molar refractivity (Wildman–Crippen MR) is 144 cm³/mol. The Morgan fingerprint density at radius 2 is 1.94 bits per heavy atom. The molecule has 1 aromatic carbocycles. The molecular weight excluding hydrogens is 452 g/mol. The van der Waals surface area contributed by atoms with E-state index in [1.165, 1.54) is 32.1 Å². The summed E-state index contributed by atoms with van der Waals surface area (Å²) in [6.07, 6.45) is 9.61. The van der Waals surface area contributed by atoms with Gasteiger partial charge in [-0.05, 0) is 37.9 Å². The topological polar surface area (TPSA) is 88.3 Å². The van der Waals surface area contributed by atoms with Crippen molar-refractivity contribution in [2.24, 2.45) is 5.92 Å². The molecule has 8 nitrogen and oxygen atoms in total. The third-order valence-electron chi connectivity index (χ3n) is 6.65. The largest absolute Gasteiger partial charge is 0.491 e. The Kier molecular flexibility index (Phi) is 8.93. The van der Waals surface area contributed by atoms with Crippen molar-refractivity contribution in [3.8, 4) is 28.4 Å². The van der Waals surface area contributed by atoms with Gasteiger partial charge in [0, 0.05) is 49.6 Å². The number of rotatable bonds is 11. The van der Waals surface area contributed by atoms with Crippen LogP contribution in [0.4, 0.5) is 5.82 Å². The molecule has 1 saturated carbocycles. The molecule has 2 heterocycles. The lowest BCUT2D eigenvalue weighted by Gasteiger charge is -2.32. The molecule has 3 aromatic rings. The minimum atomic E-state index is -0.573. The minimum Gasteiger partial charge on any atom is -0.491 e. The molecule has 1 atom stereocenters. The van der Waals surface area contributed by atoms with Crippen LogP contribution in [-0.2, 0) is 6.54 Å². The number of anilines is 1. The zero-order valence-corrected chi connectivity index (χ0v) is 22.0. The maximum atomic E-state index is 10.0. The van der Waals surface area contributed by atoms with Crippen LogP contribution in [0.3, 0.4) is 0 Å². The van der Waals surface area contributed by atoms with Gasteiger partial charge < -0.3 is 20.1 Å². The van der Waals surface area contributed by atoms with Crippen LogP contribution >= 0.6 is 0 Å². The van der Waals surface area contributed by atoms with Crippen molar-refractivity contribution in [1.29, 1.82) is 0 Å². The van der Waals surface area contributed by atoms with Gasteiger partial charge in [0.15, 0.2) is 5.82 Å². The van der Waals surface area contributed by atoms with Crippen LogP contribution in [0, 0.1) is 5.92 Å². The molecule has 0 amide bonds. The number of aliphatic hydroxyl groups excluding tert-OH is 1. The summed E-state index contributed by atoms with van der Waals surface area (Å²) in [5, 5.41) is 17.5. The Balaban J connectivity index is 1.67. The van der Waals surface area contributed by atoms with E-state index in [4.69, 9.17) is 14.7 Å². The third-order valence-corrected chi connectivity index (χ3v) is 6.65. The van der Waals surface area contributed by atoms with Crippen molar-refractivity contribution in [3.63, 3.8) is 0 Å². The molecule has 1 aliphatic carbocycles. The SMILES string of the molecule is CNCC(O)COc1cccc(-c2nc(-c3cnn(CC(C)C)c3)cc(N(C)C3CCCCC3)n2)c1. The molecule has 0 radical (unpaired) electrons. The molecule has 1 unspecified atom stereocenters. The van der Waals surface area contributed by atoms with E-state index in [1.807, 2.05) is 42.2 Å². The molecule has 0 bridgehead atoms. The summed E-state index contributed by atoms with van der Waals surface area (Å²) in [5.41, 5.74) is 2.73. The highest BCUT2D eigenvalue weighted by Crippen LogP contribution is 2.31. The summed E-state index contributed by atoms with van der Waals surface area (Å²) in [6.45, 7) is 5.94. The molecule has 194 valence electrons. The van der Waals surface area contributed by atoms with E-state index in [0.717, 1.165) is 29.2 Å². The Morgan fingerprint density at radius 1 is 1.14 bits per heavy atom. The van der Waals surface area contributed by atoms with Crippen molar-refractivity contribution < 1.29 is 9.84 Å². The van der Waals surface area contributed by atoms with Crippen molar-refractivity contribution >= 4 is 5.82 Å². The van der Waals surface area contributed by atoms with Crippen LogP contribution < -0.4 is 15.0 Å². The first-order chi connectivity index (χ1) is 17.4. The maximum Gasteiger partial charge on any atom is 0.162 e. The molecule has 4 rings (SSSR count). The third kappa shape index (κ3) is 6.83. The van der Waals surface area contributed by atoms with Crippen molar-refractivity contribution in [2.45, 2.75) is 64.6 Å². The zero-order valence-electron chi connectivity index (χ0n) is 22.0. The number of nitrogens with one attached hydrogen (secondary N) is 1. The first kappa shape index (κ1) is 26.1. The number of benzene rings is 1. The van der Waals surface area contributed by atoms with E-state index in [1.54, 1.807) is 0 Å². The second-order valence-electron chi connectivity index (χ2n) is 10.2. The van der Waals surface area contributed by atoms with Crippen molar-refractivity contribution in [3.05, 3.63) is 42.7 Å². The van der Waals surface area contributed by atoms with Crippen molar-refractivity contribution in [2.75, 3.05) is 32.1 Å².